The summed E-state index contributed by atoms with van der Waals surface area (Å²) in [7, 11) is 3.02. The summed E-state index contributed by atoms with van der Waals surface area (Å²) < 4.78 is 12.7. The van der Waals surface area contributed by atoms with E-state index in [1.54, 1.807) is 42.9 Å². The Bertz CT molecular complexity index is 1430. The molecule has 0 radical (unpaired) electrons. The number of benzene rings is 2. The highest BCUT2D eigenvalue weighted by atomic mass is 32.1. The minimum absolute atomic E-state index is 0.0176. The maximum absolute atomic E-state index is 13.5. The molecule has 1 atom stereocenters. The molecule has 0 spiro atoms. The lowest BCUT2D eigenvalue weighted by molar-refractivity contribution is -0.114. The van der Waals surface area contributed by atoms with Gasteiger partial charge in [-0.15, -0.1) is 0 Å². The highest BCUT2D eigenvalue weighted by molar-refractivity contribution is 7.07. The van der Waals surface area contributed by atoms with E-state index in [0.717, 1.165) is 0 Å². The highest BCUT2D eigenvalue weighted by Crippen LogP contribution is 2.35. The van der Waals surface area contributed by atoms with Crippen LogP contribution < -0.4 is 24.4 Å². The number of Topliss-reactive ketones (excluding diaryl/α,β-unsaturated/α-hetero) is 1. The van der Waals surface area contributed by atoms with Crippen LogP contribution in [-0.2, 0) is 4.79 Å². The molecule has 2 heterocycles. The number of aromatic hydroxyl groups is 1. The molecule has 7 nitrogen and oxygen atoms in total. The molecular weight excluding hydrogens is 428 g/mol. The maximum atomic E-state index is 13.5. The van der Waals surface area contributed by atoms with E-state index >= 15 is 0 Å². The second-order valence-corrected chi connectivity index (χ2v) is 8.32. The molecule has 0 aliphatic carbocycles. The number of nitrogens with zero attached hydrogens (tertiary/aromatic N) is 2. The highest BCUT2D eigenvalue weighted by Gasteiger charge is 2.32. The molecule has 0 saturated carbocycles. The van der Waals surface area contributed by atoms with Crippen LogP contribution in [-0.4, -0.2) is 29.7 Å². The van der Waals surface area contributed by atoms with Gasteiger partial charge in [0, 0.05) is 16.8 Å². The average Bonchev–Trinajstić information content (AvgIpc) is 3.08. The van der Waals surface area contributed by atoms with Crippen molar-refractivity contribution in [1.29, 1.82) is 0 Å². The number of allylic oxidation sites excluding steroid dienone is 2. The van der Waals surface area contributed by atoms with Gasteiger partial charge in [0.1, 0.15) is 5.75 Å². The molecule has 32 heavy (non-hydrogen) atoms. The lowest BCUT2D eigenvalue weighted by Gasteiger charge is -2.25. The molecule has 0 bridgehead atoms. The van der Waals surface area contributed by atoms with Gasteiger partial charge in [0.05, 0.1) is 24.8 Å². The van der Waals surface area contributed by atoms with Gasteiger partial charge in [-0.05, 0) is 43.7 Å². The number of ether oxygens (including phenoxy) is 2. The van der Waals surface area contributed by atoms with Crippen LogP contribution in [0.25, 0.3) is 6.08 Å². The first-order chi connectivity index (χ1) is 15.3. The first-order valence-corrected chi connectivity index (χ1v) is 10.7. The Labute approximate surface area is 188 Å². The zero-order valence-electron chi connectivity index (χ0n) is 18.1. The molecule has 1 aliphatic rings. The standard InChI is InChI=1S/C24H22N2O5S/c1-13-21(14(2)27)22(16-7-5-6-8-18(16)30-3)26-23(29)20(32-24(26)25-13)12-15-9-10-17(28)19(11-15)31-4/h5-12,22,28H,1-4H3/b20-12+/t22-/m0/s1. The van der Waals surface area contributed by atoms with Gasteiger partial charge in [-0.3, -0.25) is 14.2 Å². The maximum Gasteiger partial charge on any atom is 0.271 e. The van der Waals surface area contributed by atoms with Crippen LogP contribution in [0.1, 0.15) is 31.0 Å². The summed E-state index contributed by atoms with van der Waals surface area (Å²) in [6.45, 7) is 3.26. The summed E-state index contributed by atoms with van der Waals surface area (Å²) in [5, 5.41) is 9.84. The van der Waals surface area contributed by atoms with Crippen LogP contribution in [0.5, 0.6) is 17.2 Å². The number of thiazole rings is 1. The Morgan fingerprint density at radius 3 is 2.56 bits per heavy atom. The van der Waals surface area contributed by atoms with Crippen molar-refractivity contribution in [2.45, 2.75) is 19.9 Å². The molecule has 0 fully saturated rings. The number of phenols is 1. The van der Waals surface area contributed by atoms with E-state index in [0.29, 0.717) is 43.2 Å². The summed E-state index contributed by atoms with van der Waals surface area (Å²) in [4.78, 5) is 31.2. The van der Waals surface area contributed by atoms with Gasteiger partial charge >= 0.3 is 0 Å². The second kappa shape index (κ2) is 8.47. The van der Waals surface area contributed by atoms with E-state index in [1.807, 2.05) is 18.2 Å². The summed E-state index contributed by atoms with van der Waals surface area (Å²) in [5.41, 5.74) is 2.19. The molecule has 0 unspecified atom stereocenters. The van der Waals surface area contributed by atoms with Crippen LogP contribution in [0.2, 0.25) is 0 Å². The number of fused-ring (bicyclic) bond motifs is 1. The second-order valence-electron chi connectivity index (χ2n) is 7.31. The van der Waals surface area contributed by atoms with Gasteiger partial charge in [-0.25, -0.2) is 4.99 Å². The molecule has 4 rings (SSSR count). The Morgan fingerprint density at radius 2 is 1.88 bits per heavy atom. The van der Waals surface area contributed by atoms with Crippen molar-refractivity contribution in [3.8, 4) is 17.2 Å². The van der Waals surface area contributed by atoms with Crippen molar-refractivity contribution in [2.75, 3.05) is 14.2 Å². The van der Waals surface area contributed by atoms with Gasteiger partial charge in [-0.1, -0.05) is 35.6 Å². The number of rotatable bonds is 5. The zero-order chi connectivity index (χ0) is 23.0. The van der Waals surface area contributed by atoms with Crippen molar-refractivity contribution in [1.82, 2.24) is 4.57 Å². The van der Waals surface area contributed by atoms with Crippen LogP contribution in [0.15, 0.2) is 63.5 Å². The zero-order valence-corrected chi connectivity index (χ0v) is 18.9. The first kappa shape index (κ1) is 21.6. The van der Waals surface area contributed by atoms with Crippen molar-refractivity contribution in [3.05, 3.63) is 84.5 Å². The van der Waals surface area contributed by atoms with E-state index in [9.17, 15) is 14.7 Å². The summed E-state index contributed by atoms with van der Waals surface area (Å²) in [5.74, 6) is 0.764. The fourth-order valence-electron chi connectivity index (χ4n) is 3.89. The molecule has 164 valence electrons. The van der Waals surface area contributed by atoms with E-state index < -0.39 is 6.04 Å². The largest absolute Gasteiger partial charge is 0.504 e. The molecule has 0 amide bonds. The Hall–Kier alpha value is -3.65. The molecule has 1 N–H and O–H groups in total. The monoisotopic (exact) mass is 450 g/mol. The number of carbonyl (C=O) groups excluding carboxylic acids is 1. The Kier molecular flexibility index (Phi) is 5.71. The number of aromatic nitrogens is 1. The number of methoxy groups -OCH3 is 2. The lowest BCUT2D eigenvalue weighted by Crippen LogP contribution is -2.39. The Balaban J connectivity index is 1.99. The normalized spacial score (nSPS) is 15.9. The van der Waals surface area contributed by atoms with E-state index in [2.05, 4.69) is 4.99 Å². The van der Waals surface area contributed by atoms with E-state index in [1.165, 1.54) is 31.4 Å². The van der Waals surface area contributed by atoms with Crippen molar-refractivity contribution in [2.24, 2.45) is 4.99 Å². The van der Waals surface area contributed by atoms with Crippen LogP contribution in [0.4, 0.5) is 0 Å². The molecule has 0 saturated heterocycles. The fourth-order valence-corrected chi connectivity index (χ4v) is 4.94. The quantitative estimate of drug-likeness (QED) is 0.645. The summed E-state index contributed by atoms with van der Waals surface area (Å²) in [6, 6.07) is 11.6. The third-order valence-electron chi connectivity index (χ3n) is 5.34. The van der Waals surface area contributed by atoms with Gasteiger partial charge in [-0.2, -0.15) is 0 Å². The average molecular weight is 451 g/mol. The third-order valence-corrected chi connectivity index (χ3v) is 6.32. The van der Waals surface area contributed by atoms with Crippen LogP contribution in [0, 0.1) is 0 Å². The Morgan fingerprint density at radius 1 is 1.16 bits per heavy atom. The minimum atomic E-state index is -0.642. The molecule has 3 aromatic rings. The predicted octanol–water partition coefficient (Wildman–Crippen LogP) is 2.55. The molecule has 1 aromatic heterocycles. The number of hydrogen-bond donors (Lipinski definition) is 1. The van der Waals surface area contributed by atoms with Crippen molar-refractivity contribution < 1.29 is 19.4 Å². The van der Waals surface area contributed by atoms with E-state index in [-0.39, 0.29) is 17.1 Å². The number of hydrogen-bond acceptors (Lipinski definition) is 7. The smallest absolute Gasteiger partial charge is 0.271 e. The SMILES string of the molecule is COc1cc(/C=c2/sc3n(c2=O)[C@@H](c2ccccc2OC)C(C(C)=O)=C(C)N=3)ccc1O. The fraction of sp³-hybridized carbons (Fsp3) is 0.208. The van der Waals surface area contributed by atoms with E-state index in [4.69, 9.17) is 9.47 Å². The number of para-hydroxylation sites is 1. The summed E-state index contributed by atoms with van der Waals surface area (Å²) >= 11 is 1.24. The first-order valence-electron chi connectivity index (χ1n) is 9.89. The number of phenolic OH excluding ortho intramolecular Hbond substituents is 1. The predicted molar refractivity (Wildman–Crippen MR) is 122 cm³/mol. The summed E-state index contributed by atoms with van der Waals surface area (Å²) in [6.07, 6.45) is 1.72. The van der Waals surface area contributed by atoms with Crippen molar-refractivity contribution in [3.63, 3.8) is 0 Å². The van der Waals surface area contributed by atoms with Gasteiger partial charge in [0.15, 0.2) is 22.1 Å². The van der Waals surface area contributed by atoms with Gasteiger partial charge in [0.2, 0.25) is 0 Å². The number of ketones is 1. The lowest BCUT2D eigenvalue weighted by atomic mass is 9.93. The minimum Gasteiger partial charge on any atom is -0.504 e. The van der Waals surface area contributed by atoms with Crippen LogP contribution >= 0.6 is 11.3 Å². The number of carbonyl (C=O) groups is 1. The molecule has 2 aromatic carbocycles. The molecular formula is C24H22N2O5S. The van der Waals surface area contributed by atoms with Gasteiger partial charge in [0.25, 0.3) is 5.56 Å². The van der Waals surface area contributed by atoms with Gasteiger partial charge < -0.3 is 14.6 Å². The van der Waals surface area contributed by atoms with Crippen LogP contribution in [0.3, 0.4) is 0 Å². The molecule has 1 aliphatic heterocycles. The topological polar surface area (TPSA) is 90.1 Å². The molecule has 8 heteroatoms. The third kappa shape index (κ3) is 3.62. The van der Waals surface area contributed by atoms with Crippen molar-refractivity contribution >= 4 is 23.2 Å².